The number of rotatable bonds is 4. The molecule has 2 aromatic heterocycles. The fourth-order valence-electron chi connectivity index (χ4n) is 2.68. The van der Waals surface area contributed by atoms with Crippen molar-refractivity contribution < 1.29 is 4.52 Å². The summed E-state index contributed by atoms with van der Waals surface area (Å²) < 4.78 is 7.24. The van der Waals surface area contributed by atoms with Crippen molar-refractivity contribution in [2.45, 2.75) is 59.2 Å². The van der Waals surface area contributed by atoms with Crippen LogP contribution in [-0.4, -0.2) is 26.0 Å². The Balaban J connectivity index is 1.63. The van der Waals surface area contributed by atoms with Gasteiger partial charge in [0.2, 0.25) is 0 Å². The van der Waals surface area contributed by atoms with E-state index in [0.717, 1.165) is 55.5 Å². The maximum atomic E-state index is 5.19. The van der Waals surface area contributed by atoms with E-state index >= 15 is 0 Å². The molecule has 1 aliphatic heterocycles. The number of aryl methyl sites for hydroxylation is 4. The highest BCUT2D eigenvalue weighted by Crippen LogP contribution is 2.16. The molecule has 0 radical (unpaired) electrons. The summed E-state index contributed by atoms with van der Waals surface area (Å²) >= 11 is 0. The Bertz CT molecular complexity index is 581. The number of hydrogen-bond acceptors (Lipinski definition) is 5. The van der Waals surface area contributed by atoms with Crippen LogP contribution in [0.2, 0.25) is 0 Å². The molecular formula is C14H21N5O. The molecule has 2 aromatic rings. The average Bonchev–Trinajstić information content (AvgIpc) is 3.00. The Kier molecular flexibility index (Phi) is 3.56. The van der Waals surface area contributed by atoms with Crippen molar-refractivity contribution in [3.05, 3.63) is 28.7 Å². The lowest BCUT2D eigenvalue weighted by Gasteiger charge is -2.23. The number of hydrogen-bond donors (Lipinski definition) is 1. The Morgan fingerprint density at radius 3 is 2.95 bits per heavy atom. The monoisotopic (exact) mass is 275 g/mol. The van der Waals surface area contributed by atoms with E-state index in [1.165, 1.54) is 5.56 Å². The quantitative estimate of drug-likeness (QED) is 0.917. The summed E-state index contributed by atoms with van der Waals surface area (Å²) in [6, 6.07) is 0.433. The van der Waals surface area contributed by atoms with E-state index in [1.54, 1.807) is 0 Å². The van der Waals surface area contributed by atoms with Crippen LogP contribution in [0.25, 0.3) is 0 Å². The van der Waals surface area contributed by atoms with Crippen LogP contribution in [0.4, 0.5) is 0 Å². The van der Waals surface area contributed by atoms with E-state index < -0.39 is 0 Å². The minimum absolute atomic E-state index is 0.433. The van der Waals surface area contributed by atoms with Crippen molar-refractivity contribution in [3.63, 3.8) is 0 Å². The number of aromatic nitrogens is 4. The van der Waals surface area contributed by atoms with Crippen molar-refractivity contribution in [1.82, 2.24) is 25.2 Å². The second kappa shape index (κ2) is 5.36. The molecule has 1 aliphatic rings. The molecule has 1 atom stereocenters. The van der Waals surface area contributed by atoms with Gasteiger partial charge in [0.25, 0.3) is 0 Å². The molecule has 6 nitrogen and oxygen atoms in total. The molecule has 0 amide bonds. The van der Waals surface area contributed by atoms with Gasteiger partial charge in [-0.3, -0.25) is 0 Å². The van der Waals surface area contributed by atoms with Crippen LogP contribution < -0.4 is 5.32 Å². The highest BCUT2D eigenvalue weighted by atomic mass is 16.5. The molecular weight excluding hydrogens is 254 g/mol. The van der Waals surface area contributed by atoms with Gasteiger partial charge in [-0.2, -0.15) is 5.10 Å². The first kappa shape index (κ1) is 13.3. The summed E-state index contributed by atoms with van der Waals surface area (Å²) in [7, 11) is 0. The molecule has 0 saturated heterocycles. The Labute approximate surface area is 118 Å². The van der Waals surface area contributed by atoms with Crippen molar-refractivity contribution in [2.75, 3.05) is 0 Å². The molecule has 0 spiro atoms. The standard InChI is InChI=1S/C14H21N5O/c1-4-13-16-14-6-5-11(8-19(14)17-13)15-7-12-9(2)18-20-10(12)3/h11,15H,4-8H2,1-3H3/t11-/m0/s1. The largest absolute Gasteiger partial charge is 0.361 e. The minimum atomic E-state index is 0.433. The van der Waals surface area contributed by atoms with Gasteiger partial charge in [-0.15, -0.1) is 0 Å². The third kappa shape index (κ3) is 2.47. The fraction of sp³-hybridized carbons (Fsp3) is 0.643. The summed E-state index contributed by atoms with van der Waals surface area (Å²) in [5.41, 5.74) is 2.14. The molecule has 0 bridgehead atoms. The van der Waals surface area contributed by atoms with Gasteiger partial charge < -0.3 is 9.84 Å². The molecule has 0 aliphatic carbocycles. The third-order valence-electron chi connectivity index (χ3n) is 3.97. The predicted molar refractivity (Wildman–Crippen MR) is 74.3 cm³/mol. The predicted octanol–water partition coefficient (Wildman–Crippen LogP) is 1.55. The van der Waals surface area contributed by atoms with E-state index in [-0.39, 0.29) is 0 Å². The van der Waals surface area contributed by atoms with Crippen LogP contribution in [0.5, 0.6) is 0 Å². The number of nitrogens with zero attached hydrogens (tertiary/aromatic N) is 4. The first-order valence-corrected chi connectivity index (χ1v) is 7.25. The fourth-order valence-corrected chi connectivity index (χ4v) is 2.68. The summed E-state index contributed by atoms with van der Waals surface area (Å²) in [5.74, 6) is 2.98. The molecule has 0 saturated carbocycles. The lowest BCUT2D eigenvalue weighted by atomic mass is 10.1. The minimum Gasteiger partial charge on any atom is -0.361 e. The third-order valence-corrected chi connectivity index (χ3v) is 3.97. The van der Waals surface area contributed by atoms with E-state index in [0.29, 0.717) is 6.04 Å². The first-order valence-electron chi connectivity index (χ1n) is 7.25. The Morgan fingerprint density at radius 1 is 1.40 bits per heavy atom. The van der Waals surface area contributed by atoms with Crippen LogP contribution in [-0.2, 0) is 25.9 Å². The maximum Gasteiger partial charge on any atom is 0.150 e. The zero-order valence-corrected chi connectivity index (χ0v) is 12.3. The highest BCUT2D eigenvalue weighted by Gasteiger charge is 2.21. The van der Waals surface area contributed by atoms with Crippen LogP contribution in [0.15, 0.2) is 4.52 Å². The maximum absolute atomic E-state index is 5.19. The van der Waals surface area contributed by atoms with Gasteiger partial charge in [0.1, 0.15) is 11.6 Å². The van der Waals surface area contributed by atoms with Gasteiger partial charge in [0.05, 0.1) is 12.2 Å². The molecule has 0 fully saturated rings. The lowest BCUT2D eigenvalue weighted by molar-refractivity contribution is 0.355. The topological polar surface area (TPSA) is 68.8 Å². The molecule has 3 rings (SSSR count). The highest BCUT2D eigenvalue weighted by molar-refractivity contribution is 5.20. The van der Waals surface area contributed by atoms with Gasteiger partial charge in [0.15, 0.2) is 5.82 Å². The van der Waals surface area contributed by atoms with E-state index in [2.05, 4.69) is 27.5 Å². The Hall–Kier alpha value is -1.69. The summed E-state index contributed by atoms with van der Waals surface area (Å²) in [4.78, 5) is 4.54. The van der Waals surface area contributed by atoms with Gasteiger partial charge in [-0.05, 0) is 20.3 Å². The summed E-state index contributed by atoms with van der Waals surface area (Å²) in [5, 5.41) is 12.1. The van der Waals surface area contributed by atoms with Crippen molar-refractivity contribution in [2.24, 2.45) is 0 Å². The Morgan fingerprint density at radius 2 is 2.25 bits per heavy atom. The van der Waals surface area contributed by atoms with Crippen LogP contribution in [0.3, 0.4) is 0 Å². The smallest absolute Gasteiger partial charge is 0.150 e. The van der Waals surface area contributed by atoms with Crippen LogP contribution in [0.1, 0.15) is 42.0 Å². The van der Waals surface area contributed by atoms with E-state index in [1.807, 2.05) is 18.5 Å². The number of fused-ring (bicyclic) bond motifs is 1. The van der Waals surface area contributed by atoms with Gasteiger partial charge >= 0.3 is 0 Å². The number of nitrogens with one attached hydrogen (secondary N) is 1. The van der Waals surface area contributed by atoms with E-state index in [4.69, 9.17) is 4.52 Å². The molecule has 0 aromatic carbocycles. The molecule has 1 N–H and O–H groups in total. The van der Waals surface area contributed by atoms with Gasteiger partial charge in [0, 0.05) is 31.0 Å². The zero-order valence-electron chi connectivity index (χ0n) is 12.3. The van der Waals surface area contributed by atoms with Crippen LogP contribution in [0, 0.1) is 13.8 Å². The van der Waals surface area contributed by atoms with Crippen molar-refractivity contribution >= 4 is 0 Å². The first-order chi connectivity index (χ1) is 9.67. The van der Waals surface area contributed by atoms with Gasteiger partial charge in [-0.25, -0.2) is 9.67 Å². The van der Waals surface area contributed by atoms with Crippen molar-refractivity contribution in [1.29, 1.82) is 0 Å². The second-order valence-electron chi connectivity index (χ2n) is 5.40. The molecule has 6 heteroatoms. The molecule has 108 valence electrons. The average molecular weight is 275 g/mol. The normalized spacial score (nSPS) is 18.2. The summed E-state index contributed by atoms with van der Waals surface area (Å²) in [6.07, 6.45) is 2.99. The zero-order chi connectivity index (χ0) is 14.1. The molecule has 20 heavy (non-hydrogen) atoms. The molecule has 0 unspecified atom stereocenters. The van der Waals surface area contributed by atoms with Crippen molar-refractivity contribution in [3.8, 4) is 0 Å². The SMILES string of the molecule is CCc1nc2n(n1)C[C@@H](NCc1c(C)noc1C)CC2. The second-order valence-corrected chi connectivity index (χ2v) is 5.40. The van der Waals surface area contributed by atoms with Crippen LogP contribution >= 0.6 is 0 Å². The van der Waals surface area contributed by atoms with Gasteiger partial charge in [-0.1, -0.05) is 12.1 Å². The lowest BCUT2D eigenvalue weighted by Crippen LogP contribution is -2.37. The summed E-state index contributed by atoms with van der Waals surface area (Å²) in [6.45, 7) is 7.73. The van der Waals surface area contributed by atoms with E-state index in [9.17, 15) is 0 Å². The molecule has 3 heterocycles.